The Morgan fingerprint density at radius 2 is 2.04 bits per heavy atom. The van der Waals surface area contributed by atoms with E-state index in [1.165, 1.54) is 4.90 Å². The molecule has 122 valence electrons. The monoisotopic (exact) mass is 315 g/mol. The Balaban J connectivity index is 1.72. The molecule has 4 aliphatic heterocycles. The SMILES string of the molecule is NC1=CC2(CN3CCC2CC3)OC(=O)N1c1ccccc1CO. The van der Waals surface area contributed by atoms with Gasteiger partial charge in [0.2, 0.25) is 0 Å². The smallest absolute Gasteiger partial charge is 0.421 e. The molecule has 4 heterocycles. The third-order valence-corrected chi connectivity index (χ3v) is 5.26. The van der Waals surface area contributed by atoms with Crippen LogP contribution in [0.1, 0.15) is 18.4 Å². The van der Waals surface area contributed by atoms with Crippen molar-refractivity contribution in [3.8, 4) is 0 Å². The maximum atomic E-state index is 12.7. The molecule has 1 spiro atoms. The number of hydrogen-bond acceptors (Lipinski definition) is 5. The maximum Gasteiger partial charge on any atom is 0.421 e. The van der Waals surface area contributed by atoms with Crippen LogP contribution in [0.4, 0.5) is 10.5 Å². The lowest BCUT2D eigenvalue weighted by molar-refractivity contribution is -0.0860. The number of benzene rings is 1. The van der Waals surface area contributed by atoms with Gasteiger partial charge in [-0.1, -0.05) is 18.2 Å². The third kappa shape index (κ3) is 2.21. The second-order valence-electron chi connectivity index (χ2n) is 6.56. The summed E-state index contributed by atoms with van der Waals surface area (Å²) >= 11 is 0. The minimum absolute atomic E-state index is 0.158. The van der Waals surface area contributed by atoms with Gasteiger partial charge in [-0.05, 0) is 32.0 Å². The second kappa shape index (κ2) is 5.25. The average Bonchev–Trinajstić information content (AvgIpc) is 2.55. The van der Waals surface area contributed by atoms with Gasteiger partial charge in [0.25, 0.3) is 0 Å². The zero-order chi connectivity index (χ0) is 16.0. The first-order valence-corrected chi connectivity index (χ1v) is 8.05. The number of carbonyl (C=O) groups is 1. The summed E-state index contributed by atoms with van der Waals surface area (Å²) in [6.45, 7) is 2.69. The first-order valence-electron chi connectivity index (χ1n) is 8.05. The lowest BCUT2D eigenvalue weighted by Crippen LogP contribution is -2.63. The van der Waals surface area contributed by atoms with Crippen LogP contribution in [-0.4, -0.2) is 41.3 Å². The van der Waals surface area contributed by atoms with Crippen LogP contribution in [0.2, 0.25) is 0 Å². The number of anilines is 1. The van der Waals surface area contributed by atoms with E-state index in [2.05, 4.69) is 4.90 Å². The molecule has 1 atom stereocenters. The highest BCUT2D eigenvalue weighted by Gasteiger charge is 2.51. The summed E-state index contributed by atoms with van der Waals surface area (Å²) in [5, 5.41) is 9.50. The van der Waals surface area contributed by atoms with Crippen LogP contribution in [0, 0.1) is 5.92 Å². The van der Waals surface area contributed by atoms with Crippen molar-refractivity contribution < 1.29 is 14.6 Å². The Hall–Kier alpha value is -2.05. The van der Waals surface area contributed by atoms with Crippen molar-refractivity contribution in [2.24, 2.45) is 11.7 Å². The molecule has 2 bridgehead atoms. The van der Waals surface area contributed by atoms with Crippen molar-refractivity contribution >= 4 is 11.8 Å². The quantitative estimate of drug-likeness (QED) is 0.862. The van der Waals surface area contributed by atoms with Gasteiger partial charge in [0.05, 0.1) is 12.3 Å². The number of ether oxygens (including phenoxy) is 1. The van der Waals surface area contributed by atoms with E-state index in [0.29, 0.717) is 23.0 Å². The second-order valence-corrected chi connectivity index (χ2v) is 6.56. The Kier molecular flexibility index (Phi) is 3.32. The molecular formula is C17H21N3O3. The van der Waals surface area contributed by atoms with Crippen LogP contribution in [-0.2, 0) is 11.3 Å². The molecule has 0 radical (unpaired) electrons. The fraction of sp³-hybridized carbons (Fsp3) is 0.471. The zero-order valence-electron chi connectivity index (χ0n) is 12.9. The Morgan fingerprint density at radius 1 is 1.30 bits per heavy atom. The molecule has 1 unspecified atom stereocenters. The van der Waals surface area contributed by atoms with E-state index in [4.69, 9.17) is 10.5 Å². The molecular weight excluding hydrogens is 294 g/mol. The number of aliphatic hydroxyl groups excluding tert-OH is 1. The highest BCUT2D eigenvalue weighted by Crippen LogP contribution is 2.43. The topological polar surface area (TPSA) is 79.0 Å². The summed E-state index contributed by atoms with van der Waals surface area (Å²) in [5.74, 6) is 0.723. The van der Waals surface area contributed by atoms with Gasteiger partial charge in [-0.25, -0.2) is 9.69 Å². The van der Waals surface area contributed by atoms with Gasteiger partial charge in [0.15, 0.2) is 5.60 Å². The number of piperidine rings is 3. The van der Waals surface area contributed by atoms with E-state index < -0.39 is 11.7 Å². The number of fused-ring (bicyclic) bond motifs is 2. The van der Waals surface area contributed by atoms with Crippen molar-refractivity contribution in [3.05, 3.63) is 41.7 Å². The van der Waals surface area contributed by atoms with Crippen LogP contribution < -0.4 is 10.6 Å². The van der Waals surface area contributed by atoms with Crippen LogP contribution in [0.3, 0.4) is 0 Å². The van der Waals surface area contributed by atoms with E-state index in [9.17, 15) is 9.90 Å². The van der Waals surface area contributed by atoms with Crippen molar-refractivity contribution in [2.45, 2.75) is 25.0 Å². The number of amides is 1. The molecule has 5 rings (SSSR count). The highest BCUT2D eigenvalue weighted by atomic mass is 16.6. The maximum absolute atomic E-state index is 12.7. The van der Waals surface area contributed by atoms with Gasteiger partial charge in [-0.3, -0.25) is 4.90 Å². The van der Waals surface area contributed by atoms with Crippen LogP contribution in [0.25, 0.3) is 0 Å². The van der Waals surface area contributed by atoms with Crippen LogP contribution in [0.15, 0.2) is 36.2 Å². The molecule has 1 amide bonds. The minimum Gasteiger partial charge on any atom is -0.436 e. The zero-order valence-corrected chi connectivity index (χ0v) is 12.9. The lowest BCUT2D eigenvalue weighted by atomic mass is 9.74. The minimum atomic E-state index is -0.595. The number of nitrogens with two attached hydrogens (primary N) is 1. The Labute approximate surface area is 135 Å². The van der Waals surface area contributed by atoms with Gasteiger partial charge < -0.3 is 15.6 Å². The molecule has 3 N–H and O–H groups in total. The van der Waals surface area contributed by atoms with Gasteiger partial charge >= 0.3 is 6.09 Å². The van der Waals surface area contributed by atoms with E-state index in [1.54, 1.807) is 12.1 Å². The average molecular weight is 315 g/mol. The molecule has 0 aliphatic carbocycles. The third-order valence-electron chi connectivity index (χ3n) is 5.26. The van der Waals surface area contributed by atoms with E-state index in [1.807, 2.05) is 18.2 Å². The molecule has 0 aromatic heterocycles. The van der Waals surface area contributed by atoms with Crippen molar-refractivity contribution in [1.82, 2.24) is 4.90 Å². The summed E-state index contributed by atoms with van der Waals surface area (Å²) in [6.07, 6.45) is 3.51. The fourth-order valence-electron chi connectivity index (χ4n) is 4.10. The van der Waals surface area contributed by atoms with Gasteiger partial charge in [0, 0.05) is 24.1 Å². The van der Waals surface area contributed by atoms with Crippen LogP contribution in [0.5, 0.6) is 0 Å². The fourth-order valence-corrected chi connectivity index (χ4v) is 4.10. The van der Waals surface area contributed by atoms with Gasteiger partial charge in [-0.15, -0.1) is 0 Å². The van der Waals surface area contributed by atoms with Gasteiger partial charge in [-0.2, -0.15) is 0 Å². The molecule has 1 aromatic rings. The molecule has 3 fully saturated rings. The summed E-state index contributed by atoms with van der Waals surface area (Å²) < 4.78 is 5.89. The first kappa shape index (κ1) is 14.5. The standard InChI is InChI=1S/C17H21N3O3/c18-15-9-17(11-19-7-5-13(17)6-8-19)23-16(22)20(15)14-4-2-1-3-12(14)10-21/h1-4,9,13,21H,5-8,10-11,18H2. The molecule has 4 aliphatic rings. The van der Waals surface area contributed by atoms with Crippen molar-refractivity contribution in [2.75, 3.05) is 24.5 Å². The number of para-hydroxylation sites is 1. The molecule has 0 saturated carbocycles. The van der Waals surface area contributed by atoms with Crippen LogP contribution >= 0.6 is 0 Å². The summed E-state index contributed by atoms with van der Waals surface area (Å²) in [7, 11) is 0. The van der Waals surface area contributed by atoms with Gasteiger partial charge in [0.1, 0.15) is 5.82 Å². The van der Waals surface area contributed by atoms with E-state index in [-0.39, 0.29) is 6.61 Å². The number of carbonyl (C=O) groups excluding carboxylic acids is 1. The summed E-state index contributed by atoms with van der Waals surface area (Å²) in [5.41, 5.74) is 6.87. The predicted molar refractivity (Wildman–Crippen MR) is 85.5 cm³/mol. The van der Waals surface area contributed by atoms with Crippen molar-refractivity contribution in [3.63, 3.8) is 0 Å². The molecule has 23 heavy (non-hydrogen) atoms. The lowest BCUT2D eigenvalue weighted by Gasteiger charge is -2.53. The molecule has 6 heteroatoms. The number of rotatable bonds is 2. The van der Waals surface area contributed by atoms with E-state index >= 15 is 0 Å². The Bertz CT molecular complexity index is 667. The first-order chi connectivity index (χ1) is 11.1. The highest BCUT2D eigenvalue weighted by molar-refractivity contribution is 5.93. The predicted octanol–water partition coefficient (Wildman–Crippen LogP) is 1.40. The normalized spacial score (nSPS) is 32.8. The summed E-state index contributed by atoms with van der Waals surface area (Å²) in [6, 6.07) is 7.17. The van der Waals surface area contributed by atoms with E-state index in [0.717, 1.165) is 32.5 Å². The molecule has 3 saturated heterocycles. The largest absolute Gasteiger partial charge is 0.436 e. The summed E-state index contributed by atoms with van der Waals surface area (Å²) in [4.78, 5) is 16.4. The Morgan fingerprint density at radius 3 is 2.65 bits per heavy atom. The number of nitrogens with zero attached hydrogens (tertiary/aromatic N) is 2. The number of hydrogen-bond donors (Lipinski definition) is 2. The molecule has 1 aromatic carbocycles. The number of aliphatic hydroxyl groups is 1. The molecule has 6 nitrogen and oxygen atoms in total. The van der Waals surface area contributed by atoms with Crippen molar-refractivity contribution in [1.29, 1.82) is 0 Å².